The van der Waals surface area contributed by atoms with Crippen LogP contribution in [0.1, 0.15) is 168 Å². The first kappa shape index (κ1) is 51.4. The van der Waals surface area contributed by atoms with Crippen LogP contribution in [0.5, 0.6) is 0 Å². The molecule has 3 unspecified atom stereocenters. The SMILES string of the molecule is CC/C=C\C/C=C\C/C=C\CCCCCCCCCC(=O)OCC(O)COP(=O)(O)OCC(NC(=O)CCCCCCC/C=C\CCCCCC)C(=O)O. The molecule has 0 saturated heterocycles. The number of allylic oxidation sites excluding steroid dienone is 8. The van der Waals surface area contributed by atoms with Gasteiger partial charge in [-0.25, -0.2) is 9.36 Å². The van der Waals surface area contributed by atoms with Gasteiger partial charge in [-0.2, -0.15) is 0 Å². The van der Waals surface area contributed by atoms with E-state index in [0.29, 0.717) is 12.8 Å². The van der Waals surface area contributed by atoms with E-state index >= 15 is 0 Å². The van der Waals surface area contributed by atoms with Gasteiger partial charge in [0.1, 0.15) is 12.7 Å². The Balaban J connectivity index is 3.94. The first-order valence-corrected chi connectivity index (χ1v) is 22.2. The van der Waals surface area contributed by atoms with Crippen molar-refractivity contribution in [3.05, 3.63) is 48.6 Å². The number of hydrogen-bond acceptors (Lipinski definition) is 8. The van der Waals surface area contributed by atoms with Crippen LogP contribution in [0.25, 0.3) is 0 Å². The second-order valence-corrected chi connectivity index (χ2v) is 15.2. The lowest BCUT2D eigenvalue weighted by Gasteiger charge is -2.18. The van der Waals surface area contributed by atoms with E-state index in [9.17, 15) is 34.1 Å². The van der Waals surface area contributed by atoms with Gasteiger partial charge in [0.05, 0.1) is 13.2 Å². The highest BCUT2D eigenvalue weighted by atomic mass is 31.2. The van der Waals surface area contributed by atoms with Gasteiger partial charge < -0.3 is 25.2 Å². The number of phosphoric acid groups is 1. The number of hydrogen-bond donors (Lipinski definition) is 4. The number of ether oxygens (including phenoxy) is 1. The average Bonchev–Trinajstić information content (AvgIpc) is 3.14. The van der Waals surface area contributed by atoms with Crippen LogP contribution in [-0.2, 0) is 32.7 Å². The number of carbonyl (C=O) groups excluding carboxylic acids is 2. The molecule has 0 bridgehead atoms. The van der Waals surface area contributed by atoms with Crippen LogP contribution in [0.15, 0.2) is 48.6 Å². The Hall–Kier alpha value is -2.56. The van der Waals surface area contributed by atoms with E-state index in [-0.39, 0.29) is 12.8 Å². The summed E-state index contributed by atoms with van der Waals surface area (Å²) in [7, 11) is -4.76. The minimum atomic E-state index is -4.76. The van der Waals surface area contributed by atoms with Gasteiger partial charge in [0.15, 0.2) is 6.04 Å². The molecular formula is C42H74NO10P. The summed E-state index contributed by atoms with van der Waals surface area (Å²) in [6.07, 6.45) is 39.9. The molecule has 0 aromatic rings. The number of aliphatic hydroxyl groups is 1. The van der Waals surface area contributed by atoms with Crippen LogP contribution in [0.3, 0.4) is 0 Å². The minimum Gasteiger partial charge on any atom is -0.480 e. The van der Waals surface area contributed by atoms with E-state index in [2.05, 4.69) is 67.8 Å². The van der Waals surface area contributed by atoms with Gasteiger partial charge in [-0.05, 0) is 70.6 Å². The van der Waals surface area contributed by atoms with Gasteiger partial charge in [-0.1, -0.05) is 133 Å². The van der Waals surface area contributed by atoms with Crippen molar-refractivity contribution in [3.63, 3.8) is 0 Å². The number of rotatable bonds is 38. The zero-order chi connectivity index (χ0) is 40.0. The molecule has 0 fully saturated rings. The lowest BCUT2D eigenvalue weighted by Crippen LogP contribution is -2.43. The van der Waals surface area contributed by atoms with Gasteiger partial charge in [0.2, 0.25) is 5.91 Å². The second kappa shape index (κ2) is 37.4. The summed E-state index contributed by atoms with van der Waals surface area (Å²) in [6.45, 7) is 2.43. The summed E-state index contributed by atoms with van der Waals surface area (Å²) in [5.74, 6) is -2.40. The van der Waals surface area contributed by atoms with E-state index in [1.54, 1.807) is 0 Å². The van der Waals surface area contributed by atoms with Gasteiger partial charge in [-0.3, -0.25) is 18.6 Å². The maximum absolute atomic E-state index is 12.3. The van der Waals surface area contributed by atoms with Crippen molar-refractivity contribution in [2.75, 3.05) is 19.8 Å². The third-order valence-electron chi connectivity index (χ3n) is 8.60. The monoisotopic (exact) mass is 784 g/mol. The van der Waals surface area contributed by atoms with Gasteiger partial charge in [-0.15, -0.1) is 0 Å². The Kier molecular flexibility index (Phi) is 35.6. The molecule has 54 heavy (non-hydrogen) atoms. The lowest BCUT2D eigenvalue weighted by molar-refractivity contribution is -0.147. The smallest absolute Gasteiger partial charge is 0.472 e. The number of nitrogens with one attached hydrogen (secondary N) is 1. The molecule has 11 nitrogen and oxygen atoms in total. The Morgan fingerprint density at radius 1 is 0.611 bits per heavy atom. The second-order valence-electron chi connectivity index (χ2n) is 13.8. The maximum atomic E-state index is 12.3. The highest BCUT2D eigenvalue weighted by molar-refractivity contribution is 7.47. The maximum Gasteiger partial charge on any atom is 0.472 e. The van der Waals surface area contributed by atoms with Crippen molar-refractivity contribution in [1.29, 1.82) is 0 Å². The number of esters is 1. The molecule has 0 rings (SSSR count). The summed E-state index contributed by atoms with van der Waals surface area (Å²) in [5, 5.41) is 21.8. The van der Waals surface area contributed by atoms with Gasteiger partial charge in [0, 0.05) is 12.8 Å². The molecule has 3 atom stereocenters. The zero-order valence-electron chi connectivity index (χ0n) is 33.5. The molecule has 312 valence electrons. The molecule has 0 spiro atoms. The first-order chi connectivity index (χ1) is 26.1. The Morgan fingerprint density at radius 2 is 1.07 bits per heavy atom. The van der Waals surface area contributed by atoms with Gasteiger partial charge in [0.25, 0.3) is 0 Å². The van der Waals surface area contributed by atoms with E-state index in [4.69, 9.17) is 13.8 Å². The van der Waals surface area contributed by atoms with E-state index in [1.165, 1.54) is 38.5 Å². The molecule has 0 radical (unpaired) electrons. The summed E-state index contributed by atoms with van der Waals surface area (Å²) >= 11 is 0. The number of aliphatic carboxylic acids is 1. The quantitative estimate of drug-likeness (QED) is 0.0205. The summed E-state index contributed by atoms with van der Waals surface area (Å²) < 4.78 is 26.8. The van der Waals surface area contributed by atoms with Crippen LogP contribution in [-0.4, -0.2) is 64.9 Å². The topological polar surface area (TPSA) is 169 Å². The fourth-order valence-corrected chi connectivity index (χ4v) is 6.15. The molecule has 4 N–H and O–H groups in total. The highest BCUT2D eigenvalue weighted by Gasteiger charge is 2.28. The molecule has 0 aliphatic carbocycles. The summed E-state index contributed by atoms with van der Waals surface area (Å²) in [5.41, 5.74) is 0. The molecule has 0 aliphatic heterocycles. The fourth-order valence-electron chi connectivity index (χ4n) is 5.38. The Labute approximate surface area is 326 Å². The van der Waals surface area contributed by atoms with E-state index in [0.717, 1.165) is 89.9 Å². The van der Waals surface area contributed by atoms with Crippen molar-refractivity contribution < 1.29 is 47.8 Å². The molecule has 1 amide bonds. The van der Waals surface area contributed by atoms with E-state index in [1.807, 2.05) is 0 Å². The fraction of sp³-hybridized carbons (Fsp3) is 0.738. The van der Waals surface area contributed by atoms with Crippen LogP contribution in [0.2, 0.25) is 0 Å². The van der Waals surface area contributed by atoms with Crippen LogP contribution in [0.4, 0.5) is 0 Å². The molecule has 0 heterocycles. The predicted molar refractivity (Wildman–Crippen MR) is 217 cm³/mol. The first-order valence-electron chi connectivity index (χ1n) is 20.7. The van der Waals surface area contributed by atoms with Gasteiger partial charge >= 0.3 is 19.8 Å². The molecule has 0 aliphatic rings. The van der Waals surface area contributed by atoms with Crippen molar-refractivity contribution in [1.82, 2.24) is 5.32 Å². The summed E-state index contributed by atoms with van der Waals surface area (Å²) in [6, 6.07) is -1.55. The number of unbranched alkanes of at least 4 members (excludes halogenated alkanes) is 16. The average molecular weight is 784 g/mol. The molecule has 12 heteroatoms. The van der Waals surface area contributed by atoms with Crippen LogP contribution < -0.4 is 5.32 Å². The minimum absolute atomic E-state index is 0.134. The number of amides is 1. The molecular weight excluding hydrogens is 709 g/mol. The number of carboxylic acids is 1. The standard InChI is InChI=1S/C42H74NO10P/c1-3-5-7-9-11-13-15-17-18-19-20-22-24-26-28-30-32-34-41(46)51-35-38(44)36-52-54(49,50)53-37-39(42(47)48)43-40(45)33-31-29-27-25-23-21-16-14-12-10-8-6-4-2/h5,7,11,13-14,16-18,38-39,44H,3-4,6,8-10,12,15,19-37H2,1-2H3,(H,43,45)(H,47,48)(H,49,50)/b7-5-,13-11-,16-14-,18-17-. The third-order valence-corrected chi connectivity index (χ3v) is 9.55. The largest absolute Gasteiger partial charge is 0.480 e. The zero-order valence-corrected chi connectivity index (χ0v) is 34.4. The van der Waals surface area contributed by atoms with Crippen molar-refractivity contribution in [2.45, 2.75) is 180 Å². The lowest BCUT2D eigenvalue weighted by atomic mass is 10.1. The Bertz CT molecular complexity index is 1110. The Morgan fingerprint density at radius 3 is 1.63 bits per heavy atom. The number of phosphoric ester groups is 1. The van der Waals surface area contributed by atoms with Crippen LogP contribution in [0, 0.1) is 0 Å². The number of carbonyl (C=O) groups is 3. The van der Waals surface area contributed by atoms with Crippen molar-refractivity contribution >= 4 is 25.7 Å². The van der Waals surface area contributed by atoms with Crippen LogP contribution >= 0.6 is 7.82 Å². The summed E-state index contributed by atoms with van der Waals surface area (Å²) in [4.78, 5) is 45.8. The van der Waals surface area contributed by atoms with Crippen molar-refractivity contribution in [3.8, 4) is 0 Å². The number of aliphatic hydroxyl groups excluding tert-OH is 1. The normalized spacial score (nSPS) is 14.3. The molecule has 0 saturated carbocycles. The van der Waals surface area contributed by atoms with Crippen molar-refractivity contribution in [2.24, 2.45) is 0 Å². The third kappa shape index (κ3) is 36.4. The van der Waals surface area contributed by atoms with E-state index < -0.39 is 57.6 Å². The molecule has 0 aromatic heterocycles. The molecule has 0 aromatic carbocycles. The number of carboxylic acid groups (broad SMARTS) is 1. The predicted octanol–water partition coefficient (Wildman–Crippen LogP) is 10.2. The highest BCUT2D eigenvalue weighted by Crippen LogP contribution is 2.43.